The minimum atomic E-state index is -0.559. The molecule has 0 spiro atoms. The molecule has 1 saturated heterocycles. The highest BCUT2D eigenvalue weighted by Crippen LogP contribution is 2.21. The molecule has 1 aliphatic heterocycles. The van der Waals surface area contributed by atoms with Gasteiger partial charge in [0.25, 0.3) is 5.91 Å². The predicted octanol–water partition coefficient (Wildman–Crippen LogP) is 1.60. The Kier molecular flexibility index (Phi) is 6.05. The Balaban J connectivity index is 0.00000180. The Morgan fingerprint density at radius 1 is 1.58 bits per heavy atom. The second-order valence-electron chi connectivity index (χ2n) is 4.39. The van der Waals surface area contributed by atoms with Crippen LogP contribution < -0.4 is 15.4 Å². The van der Waals surface area contributed by atoms with Gasteiger partial charge in [0.1, 0.15) is 17.1 Å². The highest BCUT2D eigenvalue weighted by molar-refractivity contribution is 5.97. The van der Waals surface area contributed by atoms with Gasteiger partial charge in [-0.05, 0) is 37.6 Å². The van der Waals surface area contributed by atoms with Crippen LogP contribution in [0.15, 0.2) is 18.2 Å². The molecule has 0 bridgehead atoms. The van der Waals surface area contributed by atoms with Gasteiger partial charge in [0.15, 0.2) is 0 Å². The third-order valence-corrected chi connectivity index (χ3v) is 3.14. The van der Waals surface area contributed by atoms with E-state index in [9.17, 15) is 9.18 Å². The van der Waals surface area contributed by atoms with Crippen molar-refractivity contribution >= 4 is 18.3 Å². The Bertz CT molecular complexity index is 437. The van der Waals surface area contributed by atoms with Crippen molar-refractivity contribution in [3.8, 4) is 5.75 Å². The van der Waals surface area contributed by atoms with Crippen LogP contribution in [-0.2, 0) is 0 Å². The zero-order chi connectivity index (χ0) is 13.0. The normalized spacial score (nSPS) is 17.7. The first-order valence-electron chi connectivity index (χ1n) is 6.03. The number of hydrogen-bond donors (Lipinski definition) is 2. The van der Waals surface area contributed by atoms with Crippen molar-refractivity contribution in [3.63, 3.8) is 0 Å². The van der Waals surface area contributed by atoms with Crippen LogP contribution in [-0.4, -0.2) is 32.7 Å². The molecule has 0 aliphatic carbocycles. The first-order valence-corrected chi connectivity index (χ1v) is 6.03. The summed E-state index contributed by atoms with van der Waals surface area (Å²) in [5.41, 5.74) is -0.0223. The number of amides is 1. The molecular formula is C13H18ClFN2O2. The lowest BCUT2D eigenvalue weighted by atomic mass is 10.1. The highest BCUT2D eigenvalue weighted by atomic mass is 35.5. The van der Waals surface area contributed by atoms with Crippen LogP contribution in [0.4, 0.5) is 4.39 Å². The average molecular weight is 289 g/mol. The van der Waals surface area contributed by atoms with Gasteiger partial charge in [-0.25, -0.2) is 4.39 Å². The molecule has 1 unspecified atom stereocenters. The molecule has 19 heavy (non-hydrogen) atoms. The Labute approximate surface area is 118 Å². The first kappa shape index (κ1) is 15.7. The zero-order valence-electron chi connectivity index (χ0n) is 10.7. The molecule has 1 aliphatic rings. The molecule has 6 heteroatoms. The summed E-state index contributed by atoms with van der Waals surface area (Å²) in [4.78, 5) is 12.0. The van der Waals surface area contributed by atoms with Crippen LogP contribution in [0.2, 0.25) is 0 Å². The summed E-state index contributed by atoms with van der Waals surface area (Å²) in [5.74, 6) is -0.294. The van der Waals surface area contributed by atoms with E-state index in [1.807, 2.05) is 0 Å². The largest absolute Gasteiger partial charge is 0.496 e. The minimum Gasteiger partial charge on any atom is -0.496 e. The van der Waals surface area contributed by atoms with Crippen molar-refractivity contribution in [2.75, 3.05) is 26.7 Å². The van der Waals surface area contributed by atoms with Crippen molar-refractivity contribution < 1.29 is 13.9 Å². The first-order chi connectivity index (χ1) is 8.72. The molecule has 1 amide bonds. The predicted molar refractivity (Wildman–Crippen MR) is 73.5 cm³/mol. The summed E-state index contributed by atoms with van der Waals surface area (Å²) in [5, 5.41) is 5.98. The Morgan fingerprint density at radius 3 is 3.00 bits per heavy atom. The lowest BCUT2D eigenvalue weighted by Gasteiger charge is -2.12. The standard InChI is InChI=1S/C13H17FN2O2.ClH/c1-18-11-4-2-3-10(14)12(11)13(17)16-8-9-5-6-15-7-9;/h2-4,9,15H,5-8H2,1H3,(H,16,17);1H. The van der Waals surface area contributed by atoms with Crippen molar-refractivity contribution in [1.29, 1.82) is 0 Å². The zero-order valence-corrected chi connectivity index (χ0v) is 11.6. The second kappa shape index (κ2) is 7.31. The number of hydrogen-bond acceptors (Lipinski definition) is 3. The summed E-state index contributed by atoms with van der Waals surface area (Å²) < 4.78 is 18.6. The van der Waals surface area contributed by atoms with Crippen LogP contribution in [0.5, 0.6) is 5.75 Å². The maximum atomic E-state index is 13.6. The van der Waals surface area contributed by atoms with Crippen molar-refractivity contribution in [1.82, 2.24) is 10.6 Å². The lowest BCUT2D eigenvalue weighted by Crippen LogP contribution is -2.31. The number of benzene rings is 1. The van der Waals surface area contributed by atoms with E-state index in [2.05, 4.69) is 10.6 Å². The topological polar surface area (TPSA) is 50.4 Å². The van der Waals surface area contributed by atoms with Gasteiger partial charge in [-0.1, -0.05) is 6.07 Å². The van der Waals surface area contributed by atoms with E-state index in [0.717, 1.165) is 19.5 Å². The number of carbonyl (C=O) groups is 1. The van der Waals surface area contributed by atoms with E-state index in [1.165, 1.54) is 19.2 Å². The Hall–Kier alpha value is -1.33. The molecule has 106 valence electrons. The van der Waals surface area contributed by atoms with Gasteiger partial charge >= 0.3 is 0 Å². The van der Waals surface area contributed by atoms with Gasteiger partial charge < -0.3 is 15.4 Å². The summed E-state index contributed by atoms with van der Waals surface area (Å²) >= 11 is 0. The number of carbonyl (C=O) groups excluding carboxylic acids is 1. The van der Waals surface area contributed by atoms with Crippen molar-refractivity contribution in [3.05, 3.63) is 29.6 Å². The minimum absolute atomic E-state index is 0. The molecule has 1 atom stereocenters. The highest BCUT2D eigenvalue weighted by Gasteiger charge is 2.20. The van der Waals surface area contributed by atoms with E-state index in [4.69, 9.17) is 4.74 Å². The van der Waals surface area contributed by atoms with E-state index in [-0.39, 0.29) is 23.7 Å². The van der Waals surface area contributed by atoms with Crippen LogP contribution in [0, 0.1) is 11.7 Å². The third-order valence-electron chi connectivity index (χ3n) is 3.14. The van der Waals surface area contributed by atoms with Gasteiger partial charge in [0.2, 0.25) is 0 Å². The molecule has 1 heterocycles. The molecule has 1 fully saturated rings. The smallest absolute Gasteiger partial charge is 0.258 e. The van der Waals surface area contributed by atoms with Crippen LogP contribution in [0.25, 0.3) is 0 Å². The molecule has 2 N–H and O–H groups in total. The summed E-state index contributed by atoms with van der Waals surface area (Å²) in [7, 11) is 1.42. The molecule has 4 nitrogen and oxygen atoms in total. The molecule has 0 aromatic heterocycles. The molecule has 1 aromatic carbocycles. The van der Waals surface area contributed by atoms with E-state index >= 15 is 0 Å². The number of ether oxygens (including phenoxy) is 1. The summed E-state index contributed by atoms with van der Waals surface area (Å²) in [6.45, 7) is 2.43. The number of rotatable bonds is 4. The lowest BCUT2D eigenvalue weighted by molar-refractivity contribution is 0.0941. The van der Waals surface area contributed by atoms with Crippen molar-refractivity contribution in [2.45, 2.75) is 6.42 Å². The third kappa shape index (κ3) is 3.81. The monoisotopic (exact) mass is 288 g/mol. The van der Waals surface area contributed by atoms with E-state index < -0.39 is 11.7 Å². The quantitative estimate of drug-likeness (QED) is 0.885. The molecule has 2 rings (SSSR count). The van der Waals surface area contributed by atoms with Crippen LogP contribution in [0.3, 0.4) is 0 Å². The number of nitrogens with one attached hydrogen (secondary N) is 2. The maximum absolute atomic E-state index is 13.6. The van der Waals surface area contributed by atoms with E-state index in [0.29, 0.717) is 12.5 Å². The van der Waals surface area contributed by atoms with Crippen LogP contribution in [0.1, 0.15) is 16.8 Å². The number of methoxy groups -OCH3 is 1. The second-order valence-corrected chi connectivity index (χ2v) is 4.39. The van der Waals surface area contributed by atoms with Gasteiger partial charge in [-0.15, -0.1) is 12.4 Å². The molecule has 1 aromatic rings. The van der Waals surface area contributed by atoms with Crippen molar-refractivity contribution in [2.24, 2.45) is 5.92 Å². The van der Waals surface area contributed by atoms with Gasteiger partial charge in [-0.3, -0.25) is 4.79 Å². The summed E-state index contributed by atoms with van der Waals surface area (Å²) in [6, 6.07) is 4.36. The molecule has 0 saturated carbocycles. The van der Waals surface area contributed by atoms with Gasteiger partial charge in [0, 0.05) is 6.54 Å². The SMILES string of the molecule is COc1cccc(F)c1C(=O)NCC1CCNC1.Cl. The fourth-order valence-corrected chi connectivity index (χ4v) is 2.11. The molecule has 0 radical (unpaired) electrons. The van der Waals surface area contributed by atoms with Gasteiger partial charge in [-0.2, -0.15) is 0 Å². The van der Waals surface area contributed by atoms with E-state index in [1.54, 1.807) is 6.07 Å². The average Bonchev–Trinajstić information content (AvgIpc) is 2.88. The fraction of sp³-hybridized carbons (Fsp3) is 0.462. The fourth-order valence-electron chi connectivity index (χ4n) is 2.11. The van der Waals surface area contributed by atoms with Gasteiger partial charge in [0.05, 0.1) is 7.11 Å². The number of halogens is 2. The van der Waals surface area contributed by atoms with Crippen LogP contribution >= 0.6 is 12.4 Å². The summed E-state index contributed by atoms with van der Waals surface area (Å²) in [6.07, 6.45) is 1.04. The molecular weight excluding hydrogens is 271 g/mol. The Morgan fingerprint density at radius 2 is 2.37 bits per heavy atom. The maximum Gasteiger partial charge on any atom is 0.258 e.